The van der Waals surface area contributed by atoms with Crippen LogP contribution in [0.2, 0.25) is 0 Å². The normalized spacial score (nSPS) is 11.7. The van der Waals surface area contributed by atoms with E-state index in [1.165, 1.54) is 31.3 Å². The molecule has 1 unspecified atom stereocenters. The number of non-ortho nitro benzene ring substituents is 1. The molecule has 2 aromatic rings. The van der Waals surface area contributed by atoms with Crippen molar-refractivity contribution in [3.8, 4) is 5.75 Å². The Morgan fingerprint density at radius 2 is 1.96 bits per heavy atom. The number of hydrogen-bond donors (Lipinski definition) is 2. The van der Waals surface area contributed by atoms with Crippen LogP contribution in [0.25, 0.3) is 0 Å². The van der Waals surface area contributed by atoms with Crippen molar-refractivity contribution < 1.29 is 24.4 Å². The van der Waals surface area contributed by atoms with Crippen molar-refractivity contribution in [1.82, 2.24) is 5.43 Å². The fraction of sp³-hybridized carbons (Fsp3) is 0.118. The highest BCUT2D eigenvalue weighted by atomic mass is 16.6. The highest BCUT2D eigenvalue weighted by Gasteiger charge is 2.12. The number of hydrogen-bond acceptors (Lipinski definition) is 6. The van der Waals surface area contributed by atoms with Crippen molar-refractivity contribution in [2.45, 2.75) is 13.0 Å². The SMILES string of the molecule is CC(Oc1ccc(/C=N/NC(=O)c2cccc([N+](=O)[O-])c2)cc1)C(=O)O. The summed E-state index contributed by atoms with van der Waals surface area (Å²) in [4.78, 5) is 32.8. The van der Waals surface area contributed by atoms with E-state index in [1.807, 2.05) is 0 Å². The van der Waals surface area contributed by atoms with Gasteiger partial charge in [-0.05, 0) is 42.8 Å². The van der Waals surface area contributed by atoms with E-state index in [0.29, 0.717) is 11.3 Å². The number of hydrazone groups is 1. The number of nitrogens with zero attached hydrogens (tertiary/aromatic N) is 2. The molecule has 9 nitrogen and oxygen atoms in total. The lowest BCUT2D eigenvalue weighted by atomic mass is 10.2. The van der Waals surface area contributed by atoms with Crippen molar-refractivity contribution in [3.63, 3.8) is 0 Å². The molecule has 0 saturated carbocycles. The number of ether oxygens (including phenoxy) is 1. The number of nitro groups is 1. The first-order valence-corrected chi connectivity index (χ1v) is 7.44. The first-order valence-electron chi connectivity index (χ1n) is 7.44. The molecule has 2 aromatic carbocycles. The smallest absolute Gasteiger partial charge is 0.344 e. The summed E-state index contributed by atoms with van der Waals surface area (Å²) in [6.07, 6.45) is 0.406. The predicted octanol–water partition coefficient (Wildman–Crippen LogP) is 2.21. The Kier molecular flexibility index (Phi) is 5.99. The van der Waals surface area contributed by atoms with Gasteiger partial charge >= 0.3 is 5.97 Å². The van der Waals surface area contributed by atoms with Gasteiger partial charge in [-0.15, -0.1) is 0 Å². The second-order valence-corrected chi connectivity index (χ2v) is 5.17. The molecular formula is C17H15N3O6. The van der Waals surface area contributed by atoms with Gasteiger partial charge in [0.1, 0.15) is 5.75 Å². The Balaban J connectivity index is 1.95. The summed E-state index contributed by atoms with van der Waals surface area (Å²) < 4.78 is 5.19. The minimum atomic E-state index is -1.07. The number of amides is 1. The number of carbonyl (C=O) groups excluding carboxylic acids is 1. The third kappa shape index (κ3) is 5.13. The minimum Gasteiger partial charge on any atom is -0.479 e. The van der Waals surface area contributed by atoms with Crippen LogP contribution in [0.5, 0.6) is 5.75 Å². The largest absolute Gasteiger partial charge is 0.479 e. The number of benzene rings is 2. The molecule has 0 bridgehead atoms. The molecule has 134 valence electrons. The van der Waals surface area contributed by atoms with Crippen molar-refractivity contribution in [2.75, 3.05) is 0 Å². The van der Waals surface area contributed by atoms with Gasteiger partial charge in [-0.2, -0.15) is 5.10 Å². The molecule has 0 aliphatic carbocycles. The molecule has 0 radical (unpaired) electrons. The van der Waals surface area contributed by atoms with E-state index in [9.17, 15) is 19.7 Å². The number of carboxylic acid groups (broad SMARTS) is 1. The van der Waals surface area contributed by atoms with Crippen LogP contribution in [0.1, 0.15) is 22.8 Å². The van der Waals surface area contributed by atoms with E-state index < -0.39 is 22.9 Å². The first kappa shape index (κ1) is 18.6. The molecule has 0 aromatic heterocycles. The third-order valence-corrected chi connectivity index (χ3v) is 3.24. The number of carboxylic acids is 1. The van der Waals surface area contributed by atoms with E-state index in [-0.39, 0.29) is 11.3 Å². The van der Waals surface area contributed by atoms with Crippen LogP contribution in [0.15, 0.2) is 53.6 Å². The number of carbonyl (C=O) groups is 2. The molecule has 1 amide bonds. The standard InChI is InChI=1S/C17H15N3O6/c1-11(17(22)23)26-15-7-5-12(6-8-15)10-18-19-16(21)13-3-2-4-14(9-13)20(24)25/h2-11H,1H3,(H,19,21)(H,22,23)/b18-10+. The van der Waals surface area contributed by atoms with Crippen LogP contribution < -0.4 is 10.2 Å². The molecule has 0 aliphatic heterocycles. The zero-order chi connectivity index (χ0) is 19.1. The average molecular weight is 357 g/mol. The summed E-state index contributed by atoms with van der Waals surface area (Å²) in [7, 11) is 0. The summed E-state index contributed by atoms with van der Waals surface area (Å²) in [5, 5.41) is 23.3. The van der Waals surface area contributed by atoms with Gasteiger partial charge < -0.3 is 9.84 Å². The zero-order valence-corrected chi connectivity index (χ0v) is 13.7. The van der Waals surface area contributed by atoms with E-state index in [2.05, 4.69) is 10.5 Å². The quantitative estimate of drug-likeness (QED) is 0.444. The Labute approximate surface area is 148 Å². The van der Waals surface area contributed by atoms with Gasteiger partial charge in [-0.25, -0.2) is 10.2 Å². The highest BCUT2D eigenvalue weighted by molar-refractivity contribution is 5.95. The maximum absolute atomic E-state index is 11.9. The number of aliphatic carboxylic acids is 1. The second-order valence-electron chi connectivity index (χ2n) is 5.17. The van der Waals surface area contributed by atoms with Crippen molar-refractivity contribution in [2.24, 2.45) is 5.10 Å². The van der Waals surface area contributed by atoms with Gasteiger partial charge in [0.05, 0.1) is 11.1 Å². The molecule has 0 heterocycles. The van der Waals surface area contributed by atoms with Crippen LogP contribution >= 0.6 is 0 Å². The van der Waals surface area contributed by atoms with Crippen LogP contribution in [0.3, 0.4) is 0 Å². The fourth-order valence-corrected chi connectivity index (χ4v) is 1.88. The third-order valence-electron chi connectivity index (χ3n) is 3.24. The van der Waals surface area contributed by atoms with Gasteiger partial charge in [-0.1, -0.05) is 6.07 Å². The Bertz CT molecular complexity index is 848. The number of nitrogens with one attached hydrogen (secondary N) is 1. The van der Waals surface area contributed by atoms with Gasteiger partial charge in [0.2, 0.25) is 0 Å². The van der Waals surface area contributed by atoms with E-state index >= 15 is 0 Å². The first-order chi connectivity index (χ1) is 12.4. The summed E-state index contributed by atoms with van der Waals surface area (Å²) in [6, 6.07) is 11.7. The van der Waals surface area contributed by atoms with Crippen molar-refractivity contribution in [3.05, 3.63) is 69.8 Å². The molecule has 1 atom stereocenters. The van der Waals surface area contributed by atoms with E-state index in [0.717, 1.165) is 6.07 Å². The monoisotopic (exact) mass is 357 g/mol. The lowest BCUT2D eigenvalue weighted by molar-refractivity contribution is -0.384. The molecule has 2 rings (SSSR count). The molecular weight excluding hydrogens is 342 g/mol. The van der Waals surface area contributed by atoms with Crippen molar-refractivity contribution >= 4 is 23.8 Å². The van der Waals surface area contributed by atoms with E-state index in [4.69, 9.17) is 9.84 Å². The Morgan fingerprint density at radius 3 is 2.58 bits per heavy atom. The lowest BCUT2D eigenvalue weighted by Crippen LogP contribution is -2.22. The molecule has 0 aliphatic rings. The van der Waals surface area contributed by atoms with Crippen LogP contribution in [0.4, 0.5) is 5.69 Å². The molecule has 0 spiro atoms. The molecule has 2 N–H and O–H groups in total. The fourth-order valence-electron chi connectivity index (χ4n) is 1.88. The molecule has 0 saturated heterocycles. The van der Waals surface area contributed by atoms with Crippen LogP contribution in [-0.2, 0) is 4.79 Å². The topological polar surface area (TPSA) is 131 Å². The van der Waals surface area contributed by atoms with Gasteiger partial charge in [0.25, 0.3) is 11.6 Å². The minimum absolute atomic E-state index is 0.114. The summed E-state index contributed by atoms with van der Waals surface area (Å²) in [5.74, 6) is -1.27. The number of nitro benzene ring substituents is 1. The van der Waals surface area contributed by atoms with Gasteiger partial charge in [-0.3, -0.25) is 14.9 Å². The van der Waals surface area contributed by atoms with Gasteiger partial charge in [0, 0.05) is 17.7 Å². The molecule has 26 heavy (non-hydrogen) atoms. The average Bonchev–Trinajstić information content (AvgIpc) is 2.63. The molecule has 0 fully saturated rings. The predicted molar refractivity (Wildman–Crippen MR) is 92.3 cm³/mol. The number of rotatable bonds is 7. The van der Waals surface area contributed by atoms with Gasteiger partial charge in [0.15, 0.2) is 6.10 Å². The van der Waals surface area contributed by atoms with Crippen LogP contribution in [-0.4, -0.2) is 34.2 Å². The summed E-state index contributed by atoms with van der Waals surface area (Å²) in [5.41, 5.74) is 2.84. The molecule has 9 heteroatoms. The zero-order valence-electron chi connectivity index (χ0n) is 13.7. The Morgan fingerprint density at radius 1 is 1.27 bits per heavy atom. The summed E-state index contributed by atoms with van der Waals surface area (Å²) >= 11 is 0. The Hall–Kier alpha value is -3.75. The summed E-state index contributed by atoms with van der Waals surface area (Å²) in [6.45, 7) is 1.42. The lowest BCUT2D eigenvalue weighted by Gasteiger charge is -2.09. The second kappa shape index (κ2) is 8.38. The highest BCUT2D eigenvalue weighted by Crippen LogP contribution is 2.14. The van der Waals surface area contributed by atoms with E-state index in [1.54, 1.807) is 24.3 Å². The van der Waals surface area contributed by atoms with Crippen LogP contribution in [0, 0.1) is 10.1 Å². The van der Waals surface area contributed by atoms with Crippen molar-refractivity contribution in [1.29, 1.82) is 0 Å². The maximum atomic E-state index is 11.9. The maximum Gasteiger partial charge on any atom is 0.344 e.